The summed E-state index contributed by atoms with van der Waals surface area (Å²) in [5.74, 6) is 0. The van der Waals surface area contributed by atoms with E-state index in [0.717, 1.165) is 24.2 Å². The Labute approximate surface area is 169 Å². The number of nitrogens with zero attached hydrogens (tertiary/aromatic N) is 1. The number of thioether (sulfide) groups is 1. The van der Waals surface area contributed by atoms with Crippen LogP contribution in [0.4, 0.5) is 4.79 Å². The molecule has 6 nitrogen and oxygen atoms in total. The van der Waals surface area contributed by atoms with Crippen molar-refractivity contribution in [1.29, 1.82) is 0 Å². The smallest absolute Gasteiger partial charge is 0.408 e. The highest BCUT2D eigenvalue weighted by atomic mass is 32.2. The lowest BCUT2D eigenvalue weighted by Gasteiger charge is -2.31. The van der Waals surface area contributed by atoms with Gasteiger partial charge in [-0.25, -0.2) is 4.79 Å². The van der Waals surface area contributed by atoms with Crippen molar-refractivity contribution in [3.05, 3.63) is 71.8 Å². The van der Waals surface area contributed by atoms with Gasteiger partial charge in [0.2, 0.25) is 0 Å². The Hall–Kier alpha value is -2.06. The Kier molecular flexibility index (Phi) is 8.17. The van der Waals surface area contributed by atoms with Gasteiger partial charge in [0, 0.05) is 19.6 Å². The summed E-state index contributed by atoms with van der Waals surface area (Å²) in [4.78, 5) is 14.5. The Bertz CT molecular complexity index is 711. The molecule has 3 rings (SSSR count). The molecule has 2 N–H and O–H groups in total. The Morgan fingerprint density at radius 1 is 1.11 bits per heavy atom. The van der Waals surface area contributed by atoms with Crippen LogP contribution in [-0.4, -0.2) is 54.3 Å². The molecule has 0 saturated carbocycles. The molecule has 0 bridgehead atoms. The minimum Gasteiger partial charge on any atom is -0.445 e. The molecule has 1 aliphatic heterocycles. The van der Waals surface area contributed by atoms with Gasteiger partial charge in [-0.1, -0.05) is 72.4 Å². The van der Waals surface area contributed by atoms with Gasteiger partial charge in [0.25, 0.3) is 0 Å². The van der Waals surface area contributed by atoms with Crippen molar-refractivity contribution in [3.63, 3.8) is 0 Å². The highest BCUT2D eigenvalue weighted by Gasteiger charge is 2.23. The number of hydrogen-bond donors (Lipinski definition) is 2. The largest absolute Gasteiger partial charge is 0.445 e. The van der Waals surface area contributed by atoms with Crippen molar-refractivity contribution in [2.75, 3.05) is 32.8 Å². The maximum atomic E-state index is 12.3. The molecule has 1 fully saturated rings. The molecule has 0 aliphatic carbocycles. The van der Waals surface area contributed by atoms with Crippen molar-refractivity contribution >= 4 is 17.9 Å². The summed E-state index contributed by atoms with van der Waals surface area (Å²) >= 11 is 1.30. The van der Waals surface area contributed by atoms with E-state index in [2.05, 4.69) is 10.2 Å². The first-order valence-corrected chi connectivity index (χ1v) is 10.3. The van der Waals surface area contributed by atoms with Crippen molar-refractivity contribution < 1.29 is 19.4 Å². The molecule has 28 heavy (non-hydrogen) atoms. The summed E-state index contributed by atoms with van der Waals surface area (Å²) in [5.41, 5.74) is 1.000. The maximum Gasteiger partial charge on any atom is 0.408 e. The molecule has 0 radical (unpaired) electrons. The van der Waals surface area contributed by atoms with E-state index >= 15 is 0 Å². The monoisotopic (exact) mass is 402 g/mol. The van der Waals surface area contributed by atoms with Gasteiger partial charge in [0.1, 0.15) is 12.0 Å². The topological polar surface area (TPSA) is 71.0 Å². The number of amides is 1. The molecule has 0 unspecified atom stereocenters. The fraction of sp³-hybridized carbons (Fsp3) is 0.381. The van der Waals surface area contributed by atoms with Crippen LogP contribution in [0.25, 0.3) is 0 Å². The number of nitrogens with one attached hydrogen (secondary N) is 1. The highest BCUT2D eigenvalue weighted by Crippen LogP contribution is 2.29. The molecule has 0 aromatic heterocycles. The van der Waals surface area contributed by atoms with Crippen LogP contribution in [0, 0.1) is 0 Å². The molecule has 1 amide bonds. The van der Waals surface area contributed by atoms with Crippen LogP contribution in [0.1, 0.15) is 16.6 Å². The average Bonchev–Trinajstić information content (AvgIpc) is 2.74. The number of carbonyl (C=O) groups excluding carboxylic acids is 1. The van der Waals surface area contributed by atoms with E-state index < -0.39 is 11.5 Å². The summed E-state index contributed by atoms with van der Waals surface area (Å²) in [6.07, 6.45) is -0.491. The van der Waals surface area contributed by atoms with E-state index in [-0.39, 0.29) is 12.0 Å². The van der Waals surface area contributed by atoms with Gasteiger partial charge in [-0.3, -0.25) is 4.90 Å². The second kappa shape index (κ2) is 11.1. The van der Waals surface area contributed by atoms with E-state index in [1.54, 1.807) is 0 Å². The maximum absolute atomic E-state index is 12.3. The van der Waals surface area contributed by atoms with Gasteiger partial charge in [-0.05, 0) is 11.1 Å². The van der Waals surface area contributed by atoms with E-state index in [4.69, 9.17) is 9.47 Å². The predicted molar refractivity (Wildman–Crippen MR) is 110 cm³/mol. The van der Waals surface area contributed by atoms with Crippen molar-refractivity contribution in [1.82, 2.24) is 10.2 Å². The first kappa shape index (κ1) is 20.7. The van der Waals surface area contributed by atoms with Gasteiger partial charge in [0.15, 0.2) is 0 Å². The average molecular weight is 403 g/mol. The Balaban J connectivity index is 1.57. The summed E-state index contributed by atoms with van der Waals surface area (Å²) in [7, 11) is 0. The number of benzene rings is 2. The van der Waals surface area contributed by atoms with Crippen molar-refractivity contribution in [2.24, 2.45) is 0 Å². The van der Waals surface area contributed by atoms with E-state index in [9.17, 15) is 9.90 Å². The lowest BCUT2D eigenvalue weighted by atomic mass is 10.2. The summed E-state index contributed by atoms with van der Waals surface area (Å²) in [6, 6.07) is 19.0. The molecular formula is C21H26N2O4S. The normalized spacial score (nSPS) is 16.9. The summed E-state index contributed by atoms with van der Waals surface area (Å²) in [6.45, 7) is 3.79. The highest BCUT2D eigenvalue weighted by molar-refractivity contribution is 8.00. The molecule has 150 valence electrons. The SMILES string of the molecule is O=C(N[C@@H](CN1CCOCC1)S[C@@H](O)c1ccccc1)OCc1ccccc1. The Morgan fingerprint density at radius 2 is 1.75 bits per heavy atom. The second-order valence-corrected chi connectivity index (χ2v) is 7.79. The van der Waals surface area contributed by atoms with Crippen LogP contribution in [0.5, 0.6) is 0 Å². The summed E-state index contributed by atoms with van der Waals surface area (Å²) < 4.78 is 10.7. The number of ether oxygens (including phenoxy) is 2. The fourth-order valence-electron chi connectivity index (χ4n) is 2.89. The third kappa shape index (κ3) is 6.83. The molecule has 0 spiro atoms. The minimum atomic E-state index is -0.735. The van der Waals surface area contributed by atoms with Crippen molar-refractivity contribution in [2.45, 2.75) is 17.4 Å². The fourth-order valence-corrected chi connectivity index (χ4v) is 3.98. The van der Waals surface area contributed by atoms with Crippen LogP contribution in [-0.2, 0) is 16.1 Å². The zero-order chi connectivity index (χ0) is 19.6. The molecule has 2 aromatic carbocycles. The van der Waals surface area contributed by atoms with Gasteiger partial charge < -0.3 is 19.9 Å². The van der Waals surface area contributed by atoms with Gasteiger partial charge >= 0.3 is 6.09 Å². The van der Waals surface area contributed by atoms with Gasteiger partial charge in [0.05, 0.1) is 18.6 Å². The number of hydrogen-bond acceptors (Lipinski definition) is 6. The number of aliphatic hydroxyl groups is 1. The lowest BCUT2D eigenvalue weighted by molar-refractivity contribution is 0.0368. The molecule has 1 saturated heterocycles. The number of aliphatic hydroxyl groups excluding tert-OH is 1. The zero-order valence-electron chi connectivity index (χ0n) is 15.7. The molecule has 1 aliphatic rings. The van der Waals surface area contributed by atoms with Crippen LogP contribution in [0.3, 0.4) is 0 Å². The van der Waals surface area contributed by atoms with E-state index in [1.165, 1.54) is 11.8 Å². The van der Waals surface area contributed by atoms with Gasteiger partial charge in [-0.2, -0.15) is 0 Å². The van der Waals surface area contributed by atoms with Crippen molar-refractivity contribution in [3.8, 4) is 0 Å². The molecule has 7 heteroatoms. The van der Waals surface area contributed by atoms with Gasteiger partial charge in [-0.15, -0.1) is 0 Å². The summed E-state index contributed by atoms with van der Waals surface area (Å²) in [5, 5.41) is 13.2. The zero-order valence-corrected chi connectivity index (χ0v) is 16.5. The number of morpholine rings is 1. The molecular weight excluding hydrogens is 376 g/mol. The second-order valence-electron chi connectivity index (χ2n) is 6.51. The third-order valence-corrected chi connectivity index (χ3v) is 5.52. The molecule has 1 heterocycles. The molecule has 2 atom stereocenters. The quantitative estimate of drug-likeness (QED) is 0.662. The predicted octanol–water partition coefficient (Wildman–Crippen LogP) is 3.00. The van der Waals surface area contributed by atoms with E-state index in [1.807, 2.05) is 60.7 Å². The first-order valence-electron chi connectivity index (χ1n) is 9.36. The van der Waals surface area contributed by atoms with Crippen LogP contribution < -0.4 is 5.32 Å². The van der Waals surface area contributed by atoms with E-state index in [0.29, 0.717) is 19.8 Å². The number of alkyl carbamates (subject to hydrolysis) is 1. The first-order chi connectivity index (χ1) is 13.7. The standard InChI is InChI=1S/C21H26N2O4S/c24-20(18-9-5-2-6-10-18)28-19(15-23-11-13-26-14-12-23)22-21(25)27-16-17-7-3-1-4-8-17/h1-10,19-20,24H,11-16H2,(H,22,25)/t19-,20-/m1/s1. The van der Waals surface area contributed by atoms with Crippen LogP contribution in [0.2, 0.25) is 0 Å². The lowest BCUT2D eigenvalue weighted by Crippen LogP contribution is -2.46. The Morgan fingerprint density at radius 3 is 2.43 bits per heavy atom. The molecule has 2 aromatic rings. The van der Waals surface area contributed by atoms with Crippen LogP contribution in [0.15, 0.2) is 60.7 Å². The number of rotatable bonds is 8. The number of carbonyl (C=O) groups is 1. The van der Waals surface area contributed by atoms with Crippen LogP contribution >= 0.6 is 11.8 Å². The minimum absolute atomic E-state index is 0.211. The third-order valence-electron chi connectivity index (χ3n) is 4.40.